The summed E-state index contributed by atoms with van der Waals surface area (Å²) in [6, 6.07) is 6.08. The Balaban J connectivity index is 1.85. The Morgan fingerprint density at radius 1 is 1.21 bits per heavy atom. The molecular formula is C21H25BrN2O2S2. The third-order valence-electron chi connectivity index (χ3n) is 4.82. The van der Waals surface area contributed by atoms with E-state index in [-0.39, 0.29) is 5.97 Å². The van der Waals surface area contributed by atoms with Gasteiger partial charge >= 0.3 is 5.97 Å². The van der Waals surface area contributed by atoms with Crippen LogP contribution in [0.2, 0.25) is 0 Å². The number of halogens is 1. The van der Waals surface area contributed by atoms with Crippen molar-refractivity contribution in [2.45, 2.75) is 52.4 Å². The Bertz CT molecular complexity index is 880. The number of carbonyl (C=O) groups is 1. The molecule has 4 nitrogen and oxygen atoms in total. The molecule has 3 rings (SSSR count). The highest BCUT2D eigenvalue weighted by Crippen LogP contribution is 2.38. The van der Waals surface area contributed by atoms with Gasteiger partial charge in [0.15, 0.2) is 5.11 Å². The number of thiocarbonyl (C=S) groups is 1. The Labute approximate surface area is 184 Å². The van der Waals surface area contributed by atoms with Crippen LogP contribution in [0.3, 0.4) is 0 Å². The van der Waals surface area contributed by atoms with Crippen molar-refractivity contribution in [2.24, 2.45) is 0 Å². The van der Waals surface area contributed by atoms with E-state index < -0.39 is 0 Å². The number of rotatable bonds is 5. The second-order valence-electron chi connectivity index (χ2n) is 6.72. The van der Waals surface area contributed by atoms with Crippen molar-refractivity contribution in [3.63, 3.8) is 0 Å². The highest BCUT2D eigenvalue weighted by Gasteiger charge is 2.26. The van der Waals surface area contributed by atoms with Gasteiger partial charge in [-0.15, -0.1) is 11.3 Å². The summed E-state index contributed by atoms with van der Waals surface area (Å²) >= 11 is 10.7. The maximum atomic E-state index is 12.7. The first kappa shape index (κ1) is 21.3. The number of hydrogen-bond acceptors (Lipinski definition) is 4. The molecule has 0 fully saturated rings. The maximum absolute atomic E-state index is 12.7. The zero-order valence-electron chi connectivity index (χ0n) is 16.2. The molecule has 1 aliphatic rings. The summed E-state index contributed by atoms with van der Waals surface area (Å²) < 4.78 is 6.38. The quantitative estimate of drug-likeness (QED) is 0.297. The van der Waals surface area contributed by atoms with Crippen LogP contribution in [-0.2, 0) is 24.0 Å². The van der Waals surface area contributed by atoms with Crippen LogP contribution in [0.15, 0.2) is 22.7 Å². The fourth-order valence-corrected chi connectivity index (χ4v) is 5.45. The zero-order valence-corrected chi connectivity index (χ0v) is 19.4. The minimum absolute atomic E-state index is 0.259. The van der Waals surface area contributed by atoms with Gasteiger partial charge in [-0.1, -0.05) is 29.3 Å². The summed E-state index contributed by atoms with van der Waals surface area (Å²) in [7, 11) is 0. The molecule has 0 amide bonds. The first-order chi connectivity index (χ1) is 13.5. The van der Waals surface area contributed by atoms with E-state index in [1.54, 1.807) is 11.3 Å². The number of ether oxygens (including phenoxy) is 1. The molecule has 0 saturated carbocycles. The average Bonchev–Trinajstić information content (AvgIpc) is 2.83. The maximum Gasteiger partial charge on any atom is 0.341 e. The van der Waals surface area contributed by atoms with Crippen molar-refractivity contribution >= 4 is 61.3 Å². The van der Waals surface area contributed by atoms with E-state index in [0.717, 1.165) is 52.8 Å². The molecule has 0 saturated heterocycles. The topological polar surface area (TPSA) is 50.4 Å². The van der Waals surface area contributed by atoms with Gasteiger partial charge in [0.1, 0.15) is 5.00 Å². The SMILES string of the molecule is CCOC(=O)c1c(NC(=S)Nc2ccc(Br)cc2CC)sc2c1CCCCC2. The molecular weight excluding hydrogens is 456 g/mol. The number of benzene rings is 1. The lowest BCUT2D eigenvalue weighted by molar-refractivity contribution is 0.0527. The molecule has 0 aliphatic heterocycles. The molecule has 7 heteroatoms. The largest absolute Gasteiger partial charge is 0.462 e. The van der Waals surface area contributed by atoms with E-state index in [0.29, 0.717) is 17.3 Å². The number of hydrogen-bond donors (Lipinski definition) is 2. The van der Waals surface area contributed by atoms with E-state index in [4.69, 9.17) is 17.0 Å². The summed E-state index contributed by atoms with van der Waals surface area (Å²) in [5.74, 6) is -0.259. The molecule has 28 heavy (non-hydrogen) atoms. The number of esters is 1. The van der Waals surface area contributed by atoms with Crippen molar-refractivity contribution in [3.8, 4) is 0 Å². The monoisotopic (exact) mass is 480 g/mol. The molecule has 150 valence electrons. The van der Waals surface area contributed by atoms with Crippen LogP contribution >= 0.6 is 39.5 Å². The first-order valence-corrected chi connectivity index (χ1v) is 11.7. The van der Waals surface area contributed by atoms with E-state index in [1.807, 2.05) is 19.1 Å². The van der Waals surface area contributed by atoms with Crippen LogP contribution in [0.5, 0.6) is 0 Å². The fourth-order valence-electron chi connectivity index (χ4n) is 3.48. The Morgan fingerprint density at radius 3 is 2.75 bits per heavy atom. The van der Waals surface area contributed by atoms with Crippen LogP contribution in [-0.4, -0.2) is 17.7 Å². The van der Waals surface area contributed by atoms with Gasteiger partial charge < -0.3 is 15.4 Å². The third-order valence-corrected chi connectivity index (χ3v) is 6.73. The van der Waals surface area contributed by atoms with Gasteiger partial charge in [0.05, 0.1) is 12.2 Å². The number of carbonyl (C=O) groups excluding carboxylic acids is 1. The molecule has 1 aromatic carbocycles. The normalized spacial score (nSPS) is 13.4. The summed E-state index contributed by atoms with van der Waals surface area (Å²) in [5.41, 5.74) is 3.95. The van der Waals surface area contributed by atoms with Crippen LogP contribution in [0.4, 0.5) is 10.7 Å². The van der Waals surface area contributed by atoms with Crippen molar-refractivity contribution in [3.05, 3.63) is 44.2 Å². The van der Waals surface area contributed by atoms with E-state index in [9.17, 15) is 4.79 Å². The molecule has 0 radical (unpaired) electrons. The van der Waals surface area contributed by atoms with Gasteiger partial charge in [-0.2, -0.15) is 0 Å². The molecule has 0 unspecified atom stereocenters. The predicted molar refractivity (Wildman–Crippen MR) is 125 cm³/mol. The summed E-state index contributed by atoms with van der Waals surface area (Å²) in [6.07, 6.45) is 6.31. The summed E-state index contributed by atoms with van der Waals surface area (Å²) in [4.78, 5) is 13.9. The minimum atomic E-state index is -0.259. The second kappa shape index (κ2) is 9.85. The Kier molecular flexibility index (Phi) is 7.48. The molecule has 2 aromatic rings. The predicted octanol–water partition coefficient (Wildman–Crippen LogP) is 6.33. The zero-order chi connectivity index (χ0) is 20.1. The van der Waals surface area contributed by atoms with Gasteiger partial charge in [0, 0.05) is 15.0 Å². The molecule has 2 N–H and O–H groups in total. The van der Waals surface area contributed by atoms with Gasteiger partial charge in [-0.25, -0.2) is 4.79 Å². The first-order valence-electron chi connectivity index (χ1n) is 9.71. The summed E-state index contributed by atoms with van der Waals surface area (Å²) in [6.45, 7) is 4.31. The minimum Gasteiger partial charge on any atom is -0.462 e. The number of anilines is 2. The lowest BCUT2D eigenvalue weighted by Gasteiger charge is -2.14. The van der Waals surface area contributed by atoms with Gasteiger partial charge in [-0.05, 0) is 80.6 Å². The number of fused-ring (bicyclic) bond motifs is 1. The van der Waals surface area contributed by atoms with Crippen LogP contribution in [0.25, 0.3) is 0 Å². The number of thiophene rings is 1. The average molecular weight is 481 g/mol. The second-order valence-corrected chi connectivity index (χ2v) is 9.15. The third kappa shape index (κ3) is 4.93. The number of nitrogens with one attached hydrogen (secondary N) is 2. The van der Waals surface area contributed by atoms with E-state index in [2.05, 4.69) is 39.6 Å². The lowest BCUT2D eigenvalue weighted by atomic mass is 10.1. The van der Waals surface area contributed by atoms with Crippen molar-refractivity contribution in [1.82, 2.24) is 0 Å². The molecule has 1 aliphatic carbocycles. The van der Waals surface area contributed by atoms with Crippen molar-refractivity contribution in [1.29, 1.82) is 0 Å². The van der Waals surface area contributed by atoms with Gasteiger partial charge in [0.2, 0.25) is 0 Å². The molecule has 0 atom stereocenters. The summed E-state index contributed by atoms with van der Waals surface area (Å²) in [5, 5.41) is 7.83. The van der Waals surface area contributed by atoms with Gasteiger partial charge in [0.25, 0.3) is 0 Å². The van der Waals surface area contributed by atoms with Crippen LogP contribution < -0.4 is 10.6 Å². The van der Waals surface area contributed by atoms with E-state index in [1.165, 1.54) is 16.9 Å². The van der Waals surface area contributed by atoms with Crippen molar-refractivity contribution < 1.29 is 9.53 Å². The molecule has 1 heterocycles. The lowest BCUT2D eigenvalue weighted by Crippen LogP contribution is -2.21. The molecule has 0 spiro atoms. The standard InChI is InChI=1S/C21H25BrN2O2S2/c1-3-13-12-14(22)10-11-16(13)23-21(27)24-19-18(20(25)26-4-2)15-8-6-5-7-9-17(15)28-19/h10-12H,3-9H2,1-2H3,(H2,23,24,27). The Hall–Kier alpha value is -1.44. The van der Waals surface area contributed by atoms with Crippen LogP contribution in [0, 0.1) is 0 Å². The van der Waals surface area contributed by atoms with Crippen LogP contribution in [0.1, 0.15) is 59.5 Å². The Morgan fingerprint density at radius 2 is 2.00 bits per heavy atom. The smallest absolute Gasteiger partial charge is 0.341 e. The fraction of sp³-hybridized carbons (Fsp3) is 0.429. The highest BCUT2D eigenvalue weighted by atomic mass is 79.9. The van der Waals surface area contributed by atoms with E-state index >= 15 is 0 Å². The van der Waals surface area contributed by atoms with Crippen molar-refractivity contribution in [2.75, 3.05) is 17.2 Å². The highest BCUT2D eigenvalue weighted by molar-refractivity contribution is 9.10. The number of aryl methyl sites for hydroxylation is 2. The molecule has 1 aromatic heterocycles. The molecule has 0 bridgehead atoms. The van der Waals surface area contributed by atoms with Gasteiger partial charge in [-0.3, -0.25) is 0 Å².